The summed E-state index contributed by atoms with van der Waals surface area (Å²) < 4.78 is 5.84. The molecule has 2 heterocycles. The molecule has 0 aromatic carbocycles. The van der Waals surface area contributed by atoms with Crippen LogP contribution in [0.25, 0.3) is 0 Å². The molecule has 0 amide bonds. The highest BCUT2D eigenvalue weighted by molar-refractivity contribution is 6.68. The zero-order valence-corrected chi connectivity index (χ0v) is 15.2. The standard InChI is InChI=1S/C18H27ClN4O/c1-4-14(17-22-16(19)7-8-23(17)20)21-18-15(24-18)10-13-9-11(2)5-6-12(13)3/h4,7-8,11-13,15,18,21H,1,5-6,9-10,20H2,2-3H3/b17-14+/t11-,12?,13?,15?,18?/m0/s1. The number of rotatable bonds is 5. The van der Waals surface area contributed by atoms with Crippen molar-refractivity contribution in [2.24, 2.45) is 28.6 Å². The third-order valence-corrected chi connectivity index (χ3v) is 5.53. The molecule has 3 aliphatic rings. The van der Waals surface area contributed by atoms with Crippen LogP contribution in [0, 0.1) is 17.8 Å². The van der Waals surface area contributed by atoms with Crippen molar-refractivity contribution in [2.75, 3.05) is 0 Å². The molecule has 0 aromatic heterocycles. The van der Waals surface area contributed by atoms with Gasteiger partial charge < -0.3 is 10.1 Å². The number of nitrogens with two attached hydrogens (primary N) is 1. The van der Waals surface area contributed by atoms with E-state index in [0.717, 1.165) is 29.9 Å². The van der Waals surface area contributed by atoms with E-state index in [0.29, 0.717) is 11.0 Å². The summed E-state index contributed by atoms with van der Waals surface area (Å²) in [5, 5.41) is 5.17. The Morgan fingerprint density at radius 2 is 2.33 bits per heavy atom. The number of nitrogens with one attached hydrogen (secondary N) is 1. The molecule has 0 radical (unpaired) electrons. The molecular formula is C18H27ClN4O. The van der Waals surface area contributed by atoms with Crippen molar-refractivity contribution >= 4 is 16.8 Å². The number of halogens is 1. The topological polar surface area (TPSA) is 66.2 Å². The lowest BCUT2D eigenvalue weighted by Crippen LogP contribution is -2.31. The molecule has 6 heteroatoms. The average Bonchev–Trinajstić information content (AvgIpc) is 3.29. The highest BCUT2D eigenvalue weighted by atomic mass is 35.5. The SMILES string of the molecule is C=C/C(NC1OC1CC1C[C@@H](C)CCC1C)=C1/N=C(Cl)C=CN1N. The van der Waals surface area contributed by atoms with Crippen molar-refractivity contribution in [1.82, 2.24) is 10.3 Å². The van der Waals surface area contributed by atoms with Crippen LogP contribution in [-0.2, 0) is 4.74 Å². The summed E-state index contributed by atoms with van der Waals surface area (Å²) in [4.78, 5) is 4.26. The van der Waals surface area contributed by atoms with Gasteiger partial charge in [0.05, 0.1) is 5.70 Å². The lowest BCUT2D eigenvalue weighted by molar-refractivity contribution is 0.179. The minimum atomic E-state index is 0.00298. The van der Waals surface area contributed by atoms with E-state index >= 15 is 0 Å². The molecule has 2 aliphatic heterocycles. The van der Waals surface area contributed by atoms with Crippen molar-refractivity contribution < 1.29 is 4.74 Å². The van der Waals surface area contributed by atoms with Gasteiger partial charge in [-0.25, -0.2) is 10.8 Å². The molecule has 3 rings (SSSR count). The fraction of sp³-hybridized carbons (Fsp3) is 0.611. The van der Waals surface area contributed by atoms with Gasteiger partial charge in [0.15, 0.2) is 12.0 Å². The first-order valence-electron chi connectivity index (χ1n) is 8.73. The summed E-state index contributed by atoms with van der Waals surface area (Å²) in [5.74, 6) is 8.84. The number of hydrogen-bond acceptors (Lipinski definition) is 5. The van der Waals surface area contributed by atoms with Gasteiger partial charge in [0, 0.05) is 6.20 Å². The molecule has 0 bridgehead atoms. The van der Waals surface area contributed by atoms with Crippen LogP contribution in [0.3, 0.4) is 0 Å². The fourth-order valence-electron chi connectivity index (χ4n) is 3.70. The molecule has 1 saturated heterocycles. The second-order valence-electron chi connectivity index (χ2n) is 7.23. The maximum Gasteiger partial charge on any atom is 0.171 e. The molecular weight excluding hydrogens is 324 g/mol. The minimum absolute atomic E-state index is 0.00298. The molecule has 1 saturated carbocycles. The van der Waals surface area contributed by atoms with Gasteiger partial charge in [-0.2, -0.15) is 0 Å². The Labute approximate surface area is 149 Å². The molecule has 5 atom stereocenters. The third kappa shape index (κ3) is 4.02. The van der Waals surface area contributed by atoms with E-state index in [1.807, 2.05) is 0 Å². The van der Waals surface area contributed by atoms with E-state index in [2.05, 4.69) is 30.7 Å². The quantitative estimate of drug-likeness (QED) is 0.588. The predicted molar refractivity (Wildman–Crippen MR) is 97.8 cm³/mol. The van der Waals surface area contributed by atoms with Gasteiger partial charge in [0.2, 0.25) is 0 Å². The van der Waals surface area contributed by atoms with Crippen LogP contribution < -0.4 is 11.2 Å². The van der Waals surface area contributed by atoms with Gasteiger partial charge in [-0.05, 0) is 42.7 Å². The van der Waals surface area contributed by atoms with Gasteiger partial charge in [-0.3, -0.25) is 5.01 Å². The van der Waals surface area contributed by atoms with Crippen LogP contribution in [0.2, 0.25) is 0 Å². The van der Waals surface area contributed by atoms with Crippen LogP contribution in [0.5, 0.6) is 0 Å². The van der Waals surface area contributed by atoms with Crippen molar-refractivity contribution in [3.8, 4) is 0 Å². The van der Waals surface area contributed by atoms with Crippen LogP contribution in [0.1, 0.15) is 39.5 Å². The van der Waals surface area contributed by atoms with Crippen molar-refractivity contribution in [2.45, 2.75) is 51.9 Å². The Bertz CT molecular complexity index is 586. The average molecular weight is 351 g/mol. The predicted octanol–water partition coefficient (Wildman–Crippen LogP) is 3.46. The molecule has 5 nitrogen and oxygen atoms in total. The van der Waals surface area contributed by atoms with E-state index in [4.69, 9.17) is 22.2 Å². The molecule has 0 aromatic rings. The van der Waals surface area contributed by atoms with Crippen LogP contribution in [-0.4, -0.2) is 22.5 Å². The summed E-state index contributed by atoms with van der Waals surface area (Å²) in [6.45, 7) is 8.57. The molecule has 132 valence electrons. The number of ether oxygens (including phenoxy) is 1. The molecule has 2 fully saturated rings. The Hall–Kier alpha value is -1.30. The van der Waals surface area contributed by atoms with E-state index in [1.54, 1.807) is 18.4 Å². The lowest BCUT2D eigenvalue weighted by Gasteiger charge is -2.32. The van der Waals surface area contributed by atoms with E-state index in [-0.39, 0.29) is 12.3 Å². The Morgan fingerprint density at radius 3 is 3.08 bits per heavy atom. The number of hydrogen-bond donors (Lipinski definition) is 2. The molecule has 3 N–H and O–H groups in total. The number of allylic oxidation sites excluding steroid dienone is 2. The monoisotopic (exact) mass is 350 g/mol. The van der Waals surface area contributed by atoms with Crippen molar-refractivity contribution in [3.63, 3.8) is 0 Å². The normalized spacial score (nSPS) is 37.8. The van der Waals surface area contributed by atoms with Gasteiger partial charge in [0.1, 0.15) is 11.3 Å². The third-order valence-electron chi connectivity index (χ3n) is 5.31. The second kappa shape index (κ2) is 7.30. The van der Waals surface area contributed by atoms with E-state index in [1.165, 1.54) is 24.3 Å². The molecule has 4 unspecified atom stereocenters. The summed E-state index contributed by atoms with van der Waals surface area (Å²) in [5.41, 5.74) is 0.734. The van der Waals surface area contributed by atoms with E-state index in [9.17, 15) is 0 Å². The van der Waals surface area contributed by atoms with Gasteiger partial charge in [0.25, 0.3) is 0 Å². The summed E-state index contributed by atoms with van der Waals surface area (Å²) in [7, 11) is 0. The van der Waals surface area contributed by atoms with Crippen LogP contribution in [0.15, 0.2) is 41.4 Å². The summed E-state index contributed by atoms with van der Waals surface area (Å²) in [6.07, 6.45) is 10.4. The number of epoxide rings is 1. The zero-order chi connectivity index (χ0) is 17.3. The Kier molecular flexibility index (Phi) is 5.33. The molecule has 0 spiro atoms. The zero-order valence-electron chi connectivity index (χ0n) is 14.4. The second-order valence-corrected chi connectivity index (χ2v) is 7.62. The number of aliphatic imine (C=N–C) groups is 1. The Morgan fingerprint density at radius 1 is 1.54 bits per heavy atom. The van der Waals surface area contributed by atoms with E-state index < -0.39 is 0 Å². The fourth-order valence-corrected chi connectivity index (χ4v) is 3.84. The maximum absolute atomic E-state index is 5.97. The summed E-state index contributed by atoms with van der Waals surface area (Å²) >= 11 is 5.97. The highest BCUT2D eigenvalue weighted by Crippen LogP contribution is 2.40. The smallest absolute Gasteiger partial charge is 0.171 e. The van der Waals surface area contributed by atoms with Gasteiger partial charge in [-0.15, -0.1) is 0 Å². The van der Waals surface area contributed by atoms with Crippen molar-refractivity contribution in [1.29, 1.82) is 0 Å². The van der Waals surface area contributed by atoms with Gasteiger partial charge >= 0.3 is 0 Å². The maximum atomic E-state index is 5.97. The number of hydrazine groups is 1. The van der Waals surface area contributed by atoms with Crippen LogP contribution >= 0.6 is 11.6 Å². The Balaban J connectivity index is 1.59. The largest absolute Gasteiger partial charge is 0.355 e. The first-order valence-corrected chi connectivity index (χ1v) is 9.10. The first-order chi connectivity index (χ1) is 11.5. The minimum Gasteiger partial charge on any atom is -0.355 e. The number of nitrogens with zero attached hydrogens (tertiary/aromatic N) is 2. The lowest BCUT2D eigenvalue weighted by atomic mass is 9.73. The summed E-state index contributed by atoms with van der Waals surface area (Å²) in [6, 6.07) is 0. The van der Waals surface area contributed by atoms with Gasteiger partial charge in [-0.1, -0.05) is 44.9 Å². The molecule has 1 aliphatic carbocycles. The van der Waals surface area contributed by atoms with Crippen molar-refractivity contribution in [3.05, 3.63) is 36.4 Å². The highest BCUT2D eigenvalue weighted by Gasteiger charge is 2.42. The molecule has 24 heavy (non-hydrogen) atoms. The van der Waals surface area contributed by atoms with Crippen LogP contribution in [0.4, 0.5) is 0 Å². The first kappa shape index (κ1) is 17.5.